The number of hydrogen-bond acceptors (Lipinski definition) is 9. The monoisotopic (exact) mass is 549 g/mol. The molecule has 5 N–H and O–H groups in total. The first-order valence-electron chi connectivity index (χ1n) is 10.2. The van der Waals surface area contributed by atoms with Crippen molar-refractivity contribution in [2.45, 2.75) is 16.2 Å². The standard InChI is InChI=1S/C22H19N3O10S2/c26-20-10-5-15(24-23-14-3-8-17(9-4-14)37(33,34)35)12-19(20)25-36(31,32)16-6-1-13(2-7-16)11-18(21(27)28)22(29)30/h1-10,12,18,25-26H,11H2,(H,27,28)(H,29,30)(H,33,34,35). The molecule has 0 amide bonds. The van der Waals surface area contributed by atoms with E-state index < -0.39 is 43.7 Å². The van der Waals surface area contributed by atoms with E-state index in [0.29, 0.717) is 5.56 Å². The second-order valence-corrected chi connectivity index (χ2v) is 10.7. The summed E-state index contributed by atoms with van der Waals surface area (Å²) in [6.07, 6.45) is -0.342. The number of azo groups is 1. The van der Waals surface area contributed by atoms with Crippen molar-refractivity contribution in [2.24, 2.45) is 16.1 Å². The Morgan fingerprint density at radius 1 is 0.784 bits per heavy atom. The summed E-state index contributed by atoms with van der Waals surface area (Å²) in [5.41, 5.74) is 0.441. The molecule has 0 fully saturated rings. The minimum absolute atomic E-state index is 0.137. The SMILES string of the molecule is O=C(O)C(Cc1ccc(S(=O)(=O)Nc2cc(N=Nc3ccc(S(=O)(=O)O)cc3)ccc2O)cc1)C(=O)O. The average molecular weight is 550 g/mol. The number of carboxylic acids is 2. The number of benzene rings is 3. The van der Waals surface area contributed by atoms with Gasteiger partial charge in [0.2, 0.25) is 0 Å². The molecule has 0 saturated carbocycles. The maximum absolute atomic E-state index is 12.8. The van der Waals surface area contributed by atoms with Crippen molar-refractivity contribution in [3.05, 3.63) is 72.3 Å². The molecule has 0 heterocycles. The number of hydrogen-bond donors (Lipinski definition) is 5. The molecular weight excluding hydrogens is 530 g/mol. The Morgan fingerprint density at radius 2 is 1.30 bits per heavy atom. The van der Waals surface area contributed by atoms with E-state index in [1.807, 2.05) is 0 Å². The fourth-order valence-electron chi connectivity index (χ4n) is 2.99. The van der Waals surface area contributed by atoms with Crippen LogP contribution in [0.1, 0.15) is 5.56 Å². The van der Waals surface area contributed by atoms with Crippen LogP contribution in [0.3, 0.4) is 0 Å². The maximum Gasteiger partial charge on any atom is 0.318 e. The van der Waals surface area contributed by atoms with Gasteiger partial charge in [-0.25, -0.2) is 8.42 Å². The number of carboxylic acid groups (broad SMARTS) is 2. The van der Waals surface area contributed by atoms with Crippen LogP contribution in [-0.4, -0.2) is 48.6 Å². The van der Waals surface area contributed by atoms with Crippen LogP contribution in [0.2, 0.25) is 0 Å². The molecule has 194 valence electrons. The molecule has 0 aliphatic heterocycles. The number of rotatable bonds is 10. The molecule has 3 rings (SSSR count). The summed E-state index contributed by atoms with van der Waals surface area (Å²) in [7, 11) is -8.58. The lowest BCUT2D eigenvalue weighted by molar-refractivity contribution is -0.154. The highest BCUT2D eigenvalue weighted by atomic mass is 32.2. The quantitative estimate of drug-likeness (QED) is 0.107. The van der Waals surface area contributed by atoms with E-state index in [1.54, 1.807) is 0 Å². The molecule has 0 radical (unpaired) electrons. The van der Waals surface area contributed by atoms with Gasteiger partial charge in [0, 0.05) is 0 Å². The fourth-order valence-corrected chi connectivity index (χ4v) is 4.54. The molecule has 0 aromatic heterocycles. The average Bonchev–Trinajstić information content (AvgIpc) is 2.82. The van der Waals surface area contributed by atoms with E-state index in [2.05, 4.69) is 15.0 Å². The normalized spacial score (nSPS) is 12.1. The molecule has 37 heavy (non-hydrogen) atoms. The van der Waals surface area contributed by atoms with Gasteiger partial charge in [0.25, 0.3) is 20.1 Å². The van der Waals surface area contributed by atoms with Crippen LogP contribution < -0.4 is 4.72 Å². The minimum atomic E-state index is -4.36. The largest absolute Gasteiger partial charge is 0.506 e. The van der Waals surface area contributed by atoms with Crippen LogP contribution in [0.25, 0.3) is 0 Å². The zero-order valence-corrected chi connectivity index (χ0v) is 20.2. The van der Waals surface area contributed by atoms with Crippen molar-refractivity contribution >= 4 is 49.1 Å². The van der Waals surface area contributed by atoms with Gasteiger partial charge in [0.15, 0.2) is 5.92 Å². The molecule has 0 spiro atoms. The van der Waals surface area contributed by atoms with E-state index in [1.165, 1.54) is 42.5 Å². The van der Waals surface area contributed by atoms with Gasteiger partial charge in [0.1, 0.15) is 5.75 Å². The molecule has 3 aromatic rings. The molecule has 0 bridgehead atoms. The lowest BCUT2D eigenvalue weighted by Gasteiger charge is -2.11. The lowest BCUT2D eigenvalue weighted by atomic mass is 10.00. The topological polar surface area (TPSA) is 220 Å². The van der Waals surface area contributed by atoms with Crippen LogP contribution in [-0.2, 0) is 36.2 Å². The highest BCUT2D eigenvalue weighted by Crippen LogP contribution is 2.31. The predicted molar refractivity (Wildman–Crippen MR) is 128 cm³/mol. The maximum atomic E-state index is 12.8. The number of sulfonamides is 1. The first-order chi connectivity index (χ1) is 17.3. The summed E-state index contributed by atoms with van der Waals surface area (Å²) in [6, 6.07) is 13.4. The molecule has 3 aromatic carbocycles. The second-order valence-electron chi connectivity index (χ2n) is 7.55. The van der Waals surface area contributed by atoms with Crippen LogP contribution in [0.4, 0.5) is 17.1 Å². The predicted octanol–water partition coefficient (Wildman–Crippen LogP) is 3.18. The Bertz CT molecular complexity index is 1550. The van der Waals surface area contributed by atoms with Crippen LogP contribution in [0.5, 0.6) is 5.75 Å². The third-order valence-electron chi connectivity index (χ3n) is 4.91. The van der Waals surface area contributed by atoms with E-state index in [0.717, 1.165) is 24.3 Å². The third-order valence-corrected chi connectivity index (χ3v) is 7.16. The number of nitrogens with zero attached hydrogens (tertiary/aromatic N) is 2. The van der Waals surface area contributed by atoms with E-state index in [-0.39, 0.29) is 33.3 Å². The lowest BCUT2D eigenvalue weighted by Crippen LogP contribution is -2.25. The summed E-state index contributed by atoms with van der Waals surface area (Å²) in [4.78, 5) is 21.5. The molecule has 0 unspecified atom stereocenters. The number of phenols is 1. The summed E-state index contributed by atoms with van der Waals surface area (Å²) in [5, 5.41) is 35.9. The van der Waals surface area contributed by atoms with Crippen molar-refractivity contribution in [3.8, 4) is 5.75 Å². The Kier molecular flexibility index (Phi) is 7.90. The molecule has 0 aliphatic carbocycles. The highest BCUT2D eigenvalue weighted by Gasteiger charge is 2.26. The Balaban J connectivity index is 1.77. The molecule has 0 saturated heterocycles. The van der Waals surface area contributed by atoms with Crippen LogP contribution in [0, 0.1) is 5.92 Å². The van der Waals surface area contributed by atoms with Gasteiger partial charge in [-0.05, 0) is 66.6 Å². The summed E-state index contributed by atoms with van der Waals surface area (Å²) >= 11 is 0. The van der Waals surface area contributed by atoms with Crippen LogP contribution in [0.15, 0.2) is 86.7 Å². The zero-order valence-electron chi connectivity index (χ0n) is 18.6. The fraction of sp³-hybridized carbons (Fsp3) is 0.0909. The number of aromatic hydroxyl groups is 1. The van der Waals surface area contributed by atoms with E-state index >= 15 is 0 Å². The van der Waals surface area contributed by atoms with E-state index in [9.17, 15) is 31.5 Å². The smallest absolute Gasteiger partial charge is 0.318 e. The molecular formula is C22H19N3O10S2. The summed E-state index contributed by atoms with van der Waals surface area (Å²) < 4.78 is 58.9. The third kappa shape index (κ3) is 7.09. The number of phenolic OH excluding ortho intramolecular Hbond substituents is 1. The zero-order chi connectivity index (χ0) is 27.4. The van der Waals surface area contributed by atoms with Gasteiger partial charge in [-0.2, -0.15) is 18.6 Å². The first kappa shape index (κ1) is 27.3. The molecule has 0 atom stereocenters. The van der Waals surface area contributed by atoms with E-state index in [4.69, 9.17) is 14.8 Å². The molecule has 15 heteroatoms. The molecule has 13 nitrogen and oxygen atoms in total. The summed E-state index contributed by atoms with van der Waals surface area (Å²) in [6.45, 7) is 0. The molecule has 0 aliphatic rings. The summed E-state index contributed by atoms with van der Waals surface area (Å²) in [5.74, 6) is -5.14. The Morgan fingerprint density at radius 3 is 1.84 bits per heavy atom. The van der Waals surface area contributed by atoms with Crippen molar-refractivity contribution in [2.75, 3.05) is 4.72 Å². The second kappa shape index (κ2) is 10.7. The van der Waals surface area contributed by atoms with Crippen molar-refractivity contribution in [1.29, 1.82) is 0 Å². The van der Waals surface area contributed by atoms with Crippen molar-refractivity contribution < 1.29 is 46.3 Å². The Labute approximate surface area is 210 Å². The van der Waals surface area contributed by atoms with Crippen molar-refractivity contribution in [3.63, 3.8) is 0 Å². The minimum Gasteiger partial charge on any atom is -0.506 e. The van der Waals surface area contributed by atoms with Gasteiger partial charge in [-0.3, -0.25) is 18.9 Å². The Hall–Kier alpha value is -4.34. The highest BCUT2D eigenvalue weighted by molar-refractivity contribution is 7.92. The number of carbonyl (C=O) groups is 2. The van der Waals surface area contributed by atoms with Gasteiger partial charge >= 0.3 is 11.9 Å². The number of aliphatic carboxylic acids is 2. The van der Waals surface area contributed by atoms with Crippen LogP contribution >= 0.6 is 0 Å². The van der Waals surface area contributed by atoms with Gasteiger partial charge in [-0.1, -0.05) is 12.1 Å². The van der Waals surface area contributed by atoms with Crippen molar-refractivity contribution in [1.82, 2.24) is 0 Å². The number of anilines is 1. The van der Waals surface area contributed by atoms with Gasteiger partial charge in [-0.15, -0.1) is 0 Å². The van der Waals surface area contributed by atoms with Gasteiger partial charge < -0.3 is 15.3 Å². The number of nitrogens with one attached hydrogen (secondary N) is 1. The first-order valence-corrected chi connectivity index (χ1v) is 13.1. The van der Waals surface area contributed by atoms with Gasteiger partial charge in [0.05, 0.1) is 26.9 Å².